The van der Waals surface area contributed by atoms with Crippen LogP contribution >= 0.6 is 0 Å². The van der Waals surface area contributed by atoms with Gasteiger partial charge in [0.1, 0.15) is 0 Å². The molecule has 1 aliphatic heterocycles. The maximum Gasteiger partial charge on any atom is 0.0713 e. The fraction of sp³-hybridized carbons (Fsp3) is 0.300. The van der Waals surface area contributed by atoms with Gasteiger partial charge in [0.2, 0.25) is 0 Å². The van der Waals surface area contributed by atoms with E-state index in [4.69, 9.17) is 4.98 Å². The zero-order valence-electron chi connectivity index (χ0n) is 13.5. The molecular weight excluding hydrogens is 282 g/mol. The van der Waals surface area contributed by atoms with Gasteiger partial charge in [0.05, 0.1) is 11.2 Å². The standard InChI is InChI=1S/C20H21N3/c1-15-12-20(17-6-8-21-9-7-17)22-19-5-4-16(13-18(15)19)14-23-10-2-3-11-23/h4-9,12-13H,2-3,10-11,14H2,1H3. The number of benzene rings is 1. The summed E-state index contributed by atoms with van der Waals surface area (Å²) in [6.07, 6.45) is 6.30. The number of aryl methyl sites for hydroxylation is 1. The molecule has 1 aromatic carbocycles. The molecule has 0 aliphatic carbocycles. The SMILES string of the molecule is Cc1cc(-c2ccncc2)nc2ccc(CN3CCCC3)cc12. The molecule has 0 radical (unpaired) electrons. The summed E-state index contributed by atoms with van der Waals surface area (Å²) in [4.78, 5) is 11.5. The van der Waals surface area contributed by atoms with Gasteiger partial charge in [-0.05, 0) is 74.3 Å². The fourth-order valence-electron chi connectivity index (χ4n) is 3.41. The van der Waals surface area contributed by atoms with Gasteiger partial charge in [0, 0.05) is 29.9 Å². The second-order valence-corrected chi connectivity index (χ2v) is 6.40. The maximum absolute atomic E-state index is 4.84. The van der Waals surface area contributed by atoms with Gasteiger partial charge in [0.25, 0.3) is 0 Å². The van der Waals surface area contributed by atoms with E-state index < -0.39 is 0 Å². The molecule has 3 heteroatoms. The molecule has 0 spiro atoms. The number of likely N-dealkylation sites (tertiary alicyclic amines) is 1. The predicted molar refractivity (Wildman–Crippen MR) is 94.2 cm³/mol. The summed E-state index contributed by atoms with van der Waals surface area (Å²) in [6, 6.07) is 12.9. The van der Waals surface area contributed by atoms with Crippen LogP contribution < -0.4 is 0 Å². The summed E-state index contributed by atoms with van der Waals surface area (Å²) < 4.78 is 0. The van der Waals surface area contributed by atoms with Crippen LogP contribution in [0.4, 0.5) is 0 Å². The molecule has 116 valence electrons. The Bertz CT molecular complexity index is 821. The lowest BCUT2D eigenvalue weighted by Gasteiger charge is -2.15. The van der Waals surface area contributed by atoms with Crippen LogP contribution in [0.5, 0.6) is 0 Å². The Balaban J connectivity index is 1.70. The summed E-state index contributed by atoms with van der Waals surface area (Å²) >= 11 is 0. The molecule has 0 amide bonds. The Morgan fingerprint density at radius 3 is 2.57 bits per heavy atom. The predicted octanol–water partition coefficient (Wildman–Crippen LogP) is 4.20. The van der Waals surface area contributed by atoms with E-state index >= 15 is 0 Å². The third kappa shape index (κ3) is 2.97. The van der Waals surface area contributed by atoms with Crippen molar-refractivity contribution in [1.29, 1.82) is 0 Å². The van der Waals surface area contributed by atoms with Crippen LogP contribution in [0, 0.1) is 6.92 Å². The number of hydrogen-bond donors (Lipinski definition) is 0. The smallest absolute Gasteiger partial charge is 0.0713 e. The van der Waals surface area contributed by atoms with Crippen molar-refractivity contribution < 1.29 is 0 Å². The molecule has 1 aliphatic rings. The average molecular weight is 303 g/mol. The Hall–Kier alpha value is -2.26. The van der Waals surface area contributed by atoms with Crippen LogP contribution in [-0.2, 0) is 6.54 Å². The molecule has 4 rings (SSSR count). The highest BCUT2D eigenvalue weighted by atomic mass is 15.1. The van der Waals surface area contributed by atoms with Gasteiger partial charge in [0.15, 0.2) is 0 Å². The molecule has 0 atom stereocenters. The van der Waals surface area contributed by atoms with E-state index in [1.165, 1.54) is 42.4 Å². The Morgan fingerprint density at radius 2 is 1.78 bits per heavy atom. The van der Waals surface area contributed by atoms with Crippen molar-refractivity contribution in [3.8, 4) is 11.3 Å². The van der Waals surface area contributed by atoms with Gasteiger partial charge in [-0.1, -0.05) is 6.07 Å². The van der Waals surface area contributed by atoms with Crippen LogP contribution in [0.25, 0.3) is 22.2 Å². The molecule has 3 nitrogen and oxygen atoms in total. The lowest BCUT2D eigenvalue weighted by atomic mass is 10.0. The first kappa shape index (κ1) is 14.3. The molecule has 0 unspecified atom stereocenters. The van der Waals surface area contributed by atoms with Gasteiger partial charge in [-0.15, -0.1) is 0 Å². The second-order valence-electron chi connectivity index (χ2n) is 6.40. The molecule has 0 bridgehead atoms. The first-order valence-electron chi connectivity index (χ1n) is 8.33. The average Bonchev–Trinajstić information content (AvgIpc) is 3.09. The zero-order chi connectivity index (χ0) is 15.6. The third-order valence-electron chi connectivity index (χ3n) is 4.66. The van der Waals surface area contributed by atoms with E-state index in [1.54, 1.807) is 0 Å². The van der Waals surface area contributed by atoms with Crippen LogP contribution in [0.3, 0.4) is 0 Å². The van der Waals surface area contributed by atoms with Crippen molar-refractivity contribution in [2.45, 2.75) is 26.3 Å². The molecule has 2 aromatic heterocycles. The number of aromatic nitrogens is 2. The molecule has 1 fully saturated rings. The van der Waals surface area contributed by atoms with Gasteiger partial charge in [-0.3, -0.25) is 9.88 Å². The van der Waals surface area contributed by atoms with Crippen LogP contribution in [0.2, 0.25) is 0 Å². The van der Waals surface area contributed by atoms with Gasteiger partial charge in [-0.25, -0.2) is 4.98 Å². The van der Waals surface area contributed by atoms with Crippen molar-refractivity contribution in [3.63, 3.8) is 0 Å². The van der Waals surface area contributed by atoms with Crippen LogP contribution in [-0.4, -0.2) is 28.0 Å². The number of pyridine rings is 2. The van der Waals surface area contributed by atoms with Crippen molar-refractivity contribution in [1.82, 2.24) is 14.9 Å². The Labute approximate surface area is 137 Å². The summed E-state index contributed by atoms with van der Waals surface area (Å²) in [5.74, 6) is 0. The van der Waals surface area contributed by atoms with Crippen molar-refractivity contribution in [2.24, 2.45) is 0 Å². The van der Waals surface area contributed by atoms with E-state index in [0.29, 0.717) is 0 Å². The highest BCUT2D eigenvalue weighted by Gasteiger charge is 2.12. The van der Waals surface area contributed by atoms with Crippen molar-refractivity contribution in [3.05, 3.63) is 59.9 Å². The Morgan fingerprint density at radius 1 is 1.00 bits per heavy atom. The normalized spacial score (nSPS) is 15.3. The minimum atomic E-state index is 1.02. The van der Waals surface area contributed by atoms with E-state index in [9.17, 15) is 0 Å². The molecule has 0 N–H and O–H groups in total. The number of hydrogen-bond acceptors (Lipinski definition) is 3. The third-order valence-corrected chi connectivity index (χ3v) is 4.66. The maximum atomic E-state index is 4.84. The minimum Gasteiger partial charge on any atom is -0.299 e. The van der Waals surface area contributed by atoms with Crippen LogP contribution in [0.15, 0.2) is 48.8 Å². The number of rotatable bonds is 3. The molecule has 0 saturated carbocycles. The van der Waals surface area contributed by atoms with Crippen molar-refractivity contribution >= 4 is 10.9 Å². The summed E-state index contributed by atoms with van der Waals surface area (Å²) in [7, 11) is 0. The first-order chi connectivity index (χ1) is 11.3. The molecule has 3 aromatic rings. The molecular formula is C20H21N3. The fourth-order valence-corrected chi connectivity index (χ4v) is 3.41. The summed E-state index contributed by atoms with van der Waals surface area (Å²) in [5, 5.41) is 1.26. The molecule has 1 saturated heterocycles. The number of nitrogens with zero attached hydrogens (tertiary/aromatic N) is 3. The summed E-state index contributed by atoms with van der Waals surface area (Å²) in [5.41, 5.74) is 5.88. The highest BCUT2D eigenvalue weighted by molar-refractivity contribution is 5.85. The zero-order valence-corrected chi connectivity index (χ0v) is 13.5. The second kappa shape index (κ2) is 6.09. The van der Waals surface area contributed by atoms with E-state index in [2.05, 4.69) is 41.1 Å². The quantitative estimate of drug-likeness (QED) is 0.726. The van der Waals surface area contributed by atoms with Crippen LogP contribution in [0.1, 0.15) is 24.0 Å². The largest absolute Gasteiger partial charge is 0.299 e. The molecule has 3 heterocycles. The van der Waals surface area contributed by atoms with Gasteiger partial charge < -0.3 is 0 Å². The lowest BCUT2D eigenvalue weighted by molar-refractivity contribution is 0.331. The van der Waals surface area contributed by atoms with Crippen molar-refractivity contribution in [2.75, 3.05) is 13.1 Å². The minimum absolute atomic E-state index is 1.02. The topological polar surface area (TPSA) is 29.0 Å². The van der Waals surface area contributed by atoms with E-state index in [1.807, 2.05) is 24.5 Å². The Kier molecular flexibility index (Phi) is 3.80. The van der Waals surface area contributed by atoms with Gasteiger partial charge in [-0.2, -0.15) is 0 Å². The monoisotopic (exact) mass is 303 g/mol. The highest BCUT2D eigenvalue weighted by Crippen LogP contribution is 2.25. The number of fused-ring (bicyclic) bond motifs is 1. The van der Waals surface area contributed by atoms with E-state index in [0.717, 1.165) is 23.3 Å². The lowest BCUT2D eigenvalue weighted by Crippen LogP contribution is -2.18. The summed E-state index contributed by atoms with van der Waals surface area (Å²) in [6.45, 7) is 5.70. The van der Waals surface area contributed by atoms with Gasteiger partial charge >= 0.3 is 0 Å². The first-order valence-corrected chi connectivity index (χ1v) is 8.33. The van der Waals surface area contributed by atoms with E-state index in [-0.39, 0.29) is 0 Å². The molecule has 23 heavy (non-hydrogen) atoms.